The summed E-state index contributed by atoms with van der Waals surface area (Å²) in [7, 11) is 0. The Kier molecular flexibility index (Phi) is 6.05. The molecule has 1 aliphatic carbocycles. The first-order valence-corrected chi connectivity index (χ1v) is 6.86. The lowest BCUT2D eigenvalue weighted by Crippen LogP contribution is -2.56. The average Bonchev–Trinajstić information content (AvgIpc) is 2.44. The van der Waals surface area contributed by atoms with Gasteiger partial charge in [0.2, 0.25) is 5.91 Å². The number of carbonyl (C=O) groups excluding carboxylic acids is 1. The Hall–Kier alpha value is -0.650. The van der Waals surface area contributed by atoms with Gasteiger partial charge < -0.3 is 21.3 Å². The summed E-state index contributed by atoms with van der Waals surface area (Å²) >= 11 is 0. The molecule has 106 valence electrons. The van der Waals surface area contributed by atoms with Crippen LogP contribution in [0.5, 0.6) is 0 Å². The molecule has 18 heavy (non-hydrogen) atoms. The summed E-state index contributed by atoms with van der Waals surface area (Å²) in [6.07, 6.45) is 4.53. The molecule has 0 aromatic carbocycles. The fourth-order valence-electron chi connectivity index (χ4n) is 2.63. The standard InChI is InChI=1S/C13H26N2O3/c1-2-13(8-16,9-17)15-12(18)11-6-4-3-5-10(11)7-14/h10-11,16-17H,2-9,14H2,1H3,(H,15,18). The van der Waals surface area contributed by atoms with Crippen molar-refractivity contribution in [1.29, 1.82) is 0 Å². The quantitative estimate of drug-likeness (QED) is 0.539. The number of aliphatic hydroxyl groups excluding tert-OH is 2. The first kappa shape index (κ1) is 15.4. The maximum absolute atomic E-state index is 12.3. The van der Waals surface area contributed by atoms with Crippen LogP contribution in [0.1, 0.15) is 39.0 Å². The van der Waals surface area contributed by atoms with Gasteiger partial charge in [-0.1, -0.05) is 19.8 Å². The molecule has 1 aliphatic rings. The molecule has 0 aromatic rings. The number of rotatable bonds is 6. The van der Waals surface area contributed by atoms with Crippen LogP contribution in [0.25, 0.3) is 0 Å². The molecule has 0 radical (unpaired) electrons. The van der Waals surface area contributed by atoms with Gasteiger partial charge in [0.15, 0.2) is 0 Å². The minimum Gasteiger partial charge on any atom is -0.394 e. The summed E-state index contributed by atoms with van der Waals surface area (Å²) < 4.78 is 0. The molecule has 1 amide bonds. The predicted molar refractivity (Wildman–Crippen MR) is 69.8 cm³/mol. The minimum absolute atomic E-state index is 0.0740. The number of carbonyl (C=O) groups is 1. The van der Waals surface area contributed by atoms with Gasteiger partial charge in [0.1, 0.15) is 0 Å². The minimum atomic E-state index is -0.895. The zero-order chi connectivity index (χ0) is 13.6. The third-order valence-corrected chi connectivity index (χ3v) is 4.22. The van der Waals surface area contributed by atoms with E-state index in [1.54, 1.807) is 0 Å². The van der Waals surface area contributed by atoms with Crippen molar-refractivity contribution in [3.05, 3.63) is 0 Å². The van der Waals surface area contributed by atoms with Crippen molar-refractivity contribution in [1.82, 2.24) is 5.32 Å². The number of nitrogens with two attached hydrogens (primary N) is 1. The number of hydrogen-bond acceptors (Lipinski definition) is 4. The molecule has 0 spiro atoms. The summed E-state index contributed by atoms with van der Waals surface area (Å²) in [6, 6.07) is 0. The Morgan fingerprint density at radius 3 is 2.44 bits per heavy atom. The van der Waals surface area contributed by atoms with Crippen LogP contribution in [-0.2, 0) is 4.79 Å². The molecule has 5 N–H and O–H groups in total. The highest BCUT2D eigenvalue weighted by Crippen LogP contribution is 2.30. The Bertz CT molecular complexity index is 259. The molecule has 5 heteroatoms. The topological polar surface area (TPSA) is 95.6 Å². The molecule has 1 fully saturated rings. The smallest absolute Gasteiger partial charge is 0.224 e. The van der Waals surface area contributed by atoms with Gasteiger partial charge in [0.25, 0.3) is 0 Å². The Labute approximate surface area is 109 Å². The maximum atomic E-state index is 12.3. The second-order valence-electron chi connectivity index (χ2n) is 5.33. The van der Waals surface area contributed by atoms with E-state index < -0.39 is 5.54 Å². The highest BCUT2D eigenvalue weighted by atomic mass is 16.3. The third kappa shape index (κ3) is 3.43. The monoisotopic (exact) mass is 258 g/mol. The number of nitrogens with one attached hydrogen (secondary N) is 1. The zero-order valence-corrected chi connectivity index (χ0v) is 11.2. The van der Waals surface area contributed by atoms with Gasteiger partial charge in [0, 0.05) is 5.92 Å². The Balaban J connectivity index is 2.67. The van der Waals surface area contributed by atoms with Crippen molar-refractivity contribution in [2.45, 2.75) is 44.6 Å². The summed E-state index contributed by atoms with van der Waals surface area (Å²) in [4.78, 5) is 12.3. The second-order valence-corrected chi connectivity index (χ2v) is 5.33. The molecule has 1 saturated carbocycles. The second kappa shape index (κ2) is 7.07. The summed E-state index contributed by atoms with van der Waals surface area (Å²) in [5, 5.41) is 21.5. The van der Waals surface area contributed by atoms with E-state index >= 15 is 0 Å². The molecule has 0 aromatic heterocycles. The van der Waals surface area contributed by atoms with E-state index in [1.165, 1.54) is 0 Å². The van der Waals surface area contributed by atoms with Crippen molar-refractivity contribution < 1.29 is 15.0 Å². The van der Waals surface area contributed by atoms with Gasteiger partial charge in [-0.25, -0.2) is 0 Å². The Morgan fingerprint density at radius 2 is 1.94 bits per heavy atom. The third-order valence-electron chi connectivity index (χ3n) is 4.22. The maximum Gasteiger partial charge on any atom is 0.224 e. The largest absolute Gasteiger partial charge is 0.394 e. The predicted octanol–water partition coefficient (Wildman–Crippen LogP) is 0.00110. The molecule has 1 rings (SSSR count). The molecule has 0 aliphatic heterocycles. The lowest BCUT2D eigenvalue weighted by molar-refractivity contribution is -0.131. The van der Waals surface area contributed by atoms with E-state index in [1.807, 2.05) is 6.92 Å². The zero-order valence-electron chi connectivity index (χ0n) is 11.2. The average molecular weight is 258 g/mol. The van der Waals surface area contributed by atoms with E-state index in [2.05, 4.69) is 5.32 Å². The van der Waals surface area contributed by atoms with Crippen molar-refractivity contribution in [3.63, 3.8) is 0 Å². The molecule has 2 unspecified atom stereocenters. The molecular formula is C13H26N2O3. The summed E-state index contributed by atoms with van der Waals surface area (Å²) in [5.74, 6) is 0.0774. The van der Waals surface area contributed by atoms with Crippen LogP contribution in [0.2, 0.25) is 0 Å². The van der Waals surface area contributed by atoms with Gasteiger partial charge in [-0.15, -0.1) is 0 Å². The first-order valence-electron chi connectivity index (χ1n) is 6.86. The number of amides is 1. The van der Waals surface area contributed by atoms with Crippen LogP contribution in [-0.4, -0.2) is 41.4 Å². The molecular weight excluding hydrogens is 232 g/mol. The van der Waals surface area contributed by atoms with E-state index in [0.717, 1.165) is 25.7 Å². The first-order chi connectivity index (χ1) is 8.62. The molecule has 0 heterocycles. The normalized spacial score (nSPS) is 24.9. The summed E-state index contributed by atoms with van der Waals surface area (Å²) in [6.45, 7) is 1.88. The van der Waals surface area contributed by atoms with Crippen LogP contribution in [0.15, 0.2) is 0 Å². The SMILES string of the molecule is CCC(CO)(CO)NC(=O)C1CCCCC1CN. The van der Waals surface area contributed by atoms with Crippen LogP contribution in [0.3, 0.4) is 0 Å². The van der Waals surface area contributed by atoms with Crippen molar-refractivity contribution in [2.75, 3.05) is 19.8 Å². The highest BCUT2D eigenvalue weighted by molar-refractivity contribution is 5.80. The fraction of sp³-hybridized carbons (Fsp3) is 0.923. The lowest BCUT2D eigenvalue weighted by Gasteiger charge is -2.35. The van der Waals surface area contributed by atoms with Gasteiger partial charge in [-0.3, -0.25) is 4.79 Å². The van der Waals surface area contributed by atoms with Crippen molar-refractivity contribution in [2.24, 2.45) is 17.6 Å². The van der Waals surface area contributed by atoms with Crippen LogP contribution < -0.4 is 11.1 Å². The van der Waals surface area contributed by atoms with Crippen LogP contribution in [0, 0.1) is 11.8 Å². The number of hydrogen-bond donors (Lipinski definition) is 4. The van der Waals surface area contributed by atoms with Crippen molar-refractivity contribution >= 4 is 5.91 Å². The van der Waals surface area contributed by atoms with Crippen LogP contribution in [0.4, 0.5) is 0 Å². The highest BCUT2D eigenvalue weighted by Gasteiger charge is 2.35. The van der Waals surface area contributed by atoms with Gasteiger partial charge >= 0.3 is 0 Å². The lowest BCUT2D eigenvalue weighted by atomic mass is 9.78. The van der Waals surface area contributed by atoms with E-state index in [-0.39, 0.29) is 31.0 Å². The van der Waals surface area contributed by atoms with Gasteiger partial charge in [-0.05, 0) is 31.7 Å². The van der Waals surface area contributed by atoms with E-state index in [0.29, 0.717) is 13.0 Å². The van der Waals surface area contributed by atoms with Gasteiger partial charge in [-0.2, -0.15) is 0 Å². The van der Waals surface area contributed by atoms with E-state index in [9.17, 15) is 15.0 Å². The van der Waals surface area contributed by atoms with Crippen molar-refractivity contribution in [3.8, 4) is 0 Å². The van der Waals surface area contributed by atoms with Crippen LogP contribution >= 0.6 is 0 Å². The summed E-state index contributed by atoms with van der Waals surface area (Å²) in [5.41, 5.74) is 4.82. The fourth-order valence-corrected chi connectivity index (χ4v) is 2.63. The number of aliphatic hydroxyl groups is 2. The molecule has 5 nitrogen and oxygen atoms in total. The molecule has 2 atom stereocenters. The van der Waals surface area contributed by atoms with Gasteiger partial charge in [0.05, 0.1) is 18.8 Å². The molecule has 0 saturated heterocycles. The Morgan fingerprint density at radius 1 is 1.33 bits per heavy atom. The van der Waals surface area contributed by atoms with E-state index in [4.69, 9.17) is 5.73 Å². The molecule has 0 bridgehead atoms.